The normalized spacial score (nSPS) is 10.3. The van der Waals surface area contributed by atoms with Gasteiger partial charge < -0.3 is 0 Å². The number of carbonyl (C=O) groups is 1. The summed E-state index contributed by atoms with van der Waals surface area (Å²) in [5.41, 5.74) is 0.217. The molecule has 1 nitrogen and oxygen atoms in total. The molecule has 17 heavy (non-hydrogen) atoms. The van der Waals surface area contributed by atoms with E-state index in [4.69, 9.17) is 0 Å². The Bertz CT molecular complexity index is 567. The minimum absolute atomic E-state index is 0.149. The highest BCUT2D eigenvalue weighted by Crippen LogP contribution is 2.24. The van der Waals surface area contributed by atoms with Gasteiger partial charge in [0, 0.05) is 5.56 Å². The predicted octanol–water partition coefficient (Wildman–Crippen LogP) is 3.96. The van der Waals surface area contributed by atoms with E-state index in [-0.39, 0.29) is 10.0 Å². The van der Waals surface area contributed by atoms with Crippen molar-refractivity contribution in [3.05, 3.63) is 69.7 Å². The van der Waals surface area contributed by atoms with Crippen LogP contribution in [-0.4, -0.2) is 5.78 Å². The molecule has 86 valence electrons. The lowest BCUT2D eigenvalue weighted by atomic mass is 10.0. The van der Waals surface area contributed by atoms with Crippen molar-refractivity contribution in [3.63, 3.8) is 0 Å². The van der Waals surface area contributed by atoms with E-state index in [1.54, 1.807) is 30.3 Å². The van der Waals surface area contributed by atoms with Gasteiger partial charge >= 0.3 is 0 Å². The van der Waals surface area contributed by atoms with Crippen molar-refractivity contribution in [2.45, 2.75) is 0 Å². The second kappa shape index (κ2) is 4.75. The average Bonchev–Trinajstić information content (AvgIpc) is 2.36. The Hall–Kier alpha value is -1.55. The van der Waals surface area contributed by atoms with E-state index in [9.17, 15) is 13.6 Å². The van der Waals surface area contributed by atoms with Crippen LogP contribution in [-0.2, 0) is 0 Å². The standard InChI is InChI=1S/C13H7BrF2O/c14-11-10(15)7-6-9(12(11)16)13(17)8-4-2-1-3-5-8/h1-7H. The first-order valence-corrected chi connectivity index (χ1v) is 5.64. The predicted molar refractivity (Wildman–Crippen MR) is 63.9 cm³/mol. The van der Waals surface area contributed by atoms with Crippen molar-refractivity contribution in [1.82, 2.24) is 0 Å². The third-order valence-electron chi connectivity index (χ3n) is 2.32. The lowest BCUT2D eigenvalue weighted by molar-refractivity contribution is 0.103. The van der Waals surface area contributed by atoms with Gasteiger partial charge in [0.1, 0.15) is 5.82 Å². The third-order valence-corrected chi connectivity index (χ3v) is 3.04. The maximum Gasteiger partial charge on any atom is 0.196 e. The zero-order valence-corrected chi connectivity index (χ0v) is 10.2. The summed E-state index contributed by atoms with van der Waals surface area (Å²) >= 11 is 2.77. The molecule has 0 amide bonds. The Morgan fingerprint density at radius 2 is 1.65 bits per heavy atom. The maximum atomic E-state index is 13.7. The van der Waals surface area contributed by atoms with Gasteiger partial charge in [-0.1, -0.05) is 30.3 Å². The van der Waals surface area contributed by atoms with Crippen molar-refractivity contribution in [2.24, 2.45) is 0 Å². The molecule has 0 radical (unpaired) electrons. The summed E-state index contributed by atoms with van der Waals surface area (Å²) in [4.78, 5) is 11.9. The lowest BCUT2D eigenvalue weighted by Crippen LogP contribution is -2.05. The summed E-state index contributed by atoms with van der Waals surface area (Å²) in [7, 11) is 0. The zero-order chi connectivity index (χ0) is 12.4. The number of carbonyl (C=O) groups excluding carboxylic acids is 1. The van der Waals surface area contributed by atoms with Gasteiger partial charge in [0.25, 0.3) is 0 Å². The molecule has 0 aromatic heterocycles. The molecule has 0 aliphatic heterocycles. The number of ketones is 1. The van der Waals surface area contributed by atoms with Crippen LogP contribution < -0.4 is 0 Å². The largest absolute Gasteiger partial charge is 0.288 e. The van der Waals surface area contributed by atoms with Gasteiger partial charge in [0.05, 0.1) is 10.0 Å². The van der Waals surface area contributed by atoms with Crippen LogP contribution in [0.5, 0.6) is 0 Å². The van der Waals surface area contributed by atoms with Gasteiger partial charge in [-0.15, -0.1) is 0 Å². The van der Waals surface area contributed by atoms with Crippen LogP contribution in [0, 0.1) is 11.6 Å². The lowest BCUT2D eigenvalue weighted by Gasteiger charge is -2.04. The Morgan fingerprint density at radius 3 is 2.29 bits per heavy atom. The van der Waals surface area contributed by atoms with Gasteiger partial charge in [0.15, 0.2) is 11.6 Å². The molecule has 0 saturated heterocycles. The van der Waals surface area contributed by atoms with Gasteiger partial charge in [-0.25, -0.2) is 8.78 Å². The number of benzene rings is 2. The van der Waals surface area contributed by atoms with E-state index in [2.05, 4.69) is 15.9 Å². The average molecular weight is 297 g/mol. The van der Waals surface area contributed by atoms with Gasteiger partial charge in [-0.3, -0.25) is 4.79 Å². The van der Waals surface area contributed by atoms with Crippen LogP contribution in [0.2, 0.25) is 0 Å². The van der Waals surface area contributed by atoms with Gasteiger partial charge in [-0.05, 0) is 28.1 Å². The summed E-state index contributed by atoms with van der Waals surface area (Å²) < 4.78 is 26.4. The first-order valence-electron chi connectivity index (χ1n) is 4.84. The molecule has 0 aliphatic rings. The summed E-state index contributed by atoms with van der Waals surface area (Å²) in [6, 6.07) is 10.5. The number of hydrogen-bond acceptors (Lipinski definition) is 1. The van der Waals surface area contributed by atoms with E-state index in [1.165, 1.54) is 0 Å². The SMILES string of the molecule is O=C(c1ccccc1)c1ccc(F)c(Br)c1F. The Morgan fingerprint density at radius 1 is 1.00 bits per heavy atom. The Kier molecular flexibility index (Phi) is 3.33. The molecule has 0 spiro atoms. The Labute approximate surface area is 105 Å². The van der Waals surface area contributed by atoms with E-state index in [0.29, 0.717) is 5.56 Å². The molecular formula is C13H7BrF2O. The van der Waals surface area contributed by atoms with E-state index in [1.807, 2.05) is 0 Å². The molecule has 0 atom stereocenters. The minimum Gasteiger partial charge on any atom is -0.288 e. The minimum atomic E-state index is -0.876. The highest BCUT2D eigenvalue weighted by molar-refractivity contribution is 9.10. The molecule has 0 unspecified atom stereocenters. The Balaban J connectivity index is 2.49. The number of rotatable bonds is 2. The third kappa shape index (κ3) is 2.26. The van der Waals surface area contributed by atoms with Crippen molar-refractivity contribution < 1.29 is 13.6 Å². The molecule has 0 fully saturated rings. The second-order valence-corrected chi connectivity index (χ2v) is 4.21. The molecule has 0 saturated carbocycles. The molecule has 0 bridgehead atoms. The van der Waals surface area contributed by atoms with Crippen LogP contribution in [0.3, 0.4) is 0 Å². The molecule has 0 N–H and O–H groups in total. The molecule has 2 rings (SSSR count). The fourth-order valence-corrected chi connectivity index (χ4v) is 1.79. The fraction of sp³-hybridized carbons (Fsp3) is 0. The molecule has 4 heteroatoms. The van der Waals surface area contributed by atoms with Crippen LogP contribution in [0.25, 0.3) is 0 Å². The maximum absolute atomic E-state index is 13.7. The van der Waals surface area contributed by atoms with Gasteiger partial charge in [-0.2, -0.15) is 0 Å². The summed E-state index contributed by atoms with van der Waals surface area (Å²) in [6.45, 7) is 0. The second-order valence-electron chi connectivity index (χ2n) is 3.42. The highest BCUT2D eigenvalue weighted by Gasteiger charge is 2.18. The monoisotopic (exact) mass is 296 g/mol. The number of halogens is 3. The zero-order valence-electron chi connectivity index (χ0n) is 8.58. The van der Waals surface area contributed by atoms with Gasteiger partial charge in [0.2, 0.25) is 0 Å². The van der Waals surface area contributed by atoms with Crippen molar-refractivity contribution in [2.75, 3.05) is 0 Å². The number of hydrogen-bond donors (Lipinski definition) is 0. The summed E-state index contributed by atoms with van der Waals surface area (Å²) in [5, 5.41) is 0. The van der Waals surface area contributed by atoms with Crippen molar-refractivity contribution in [1.29, 1.82) is 0 Å². The van der Waals surface area contributed by atoms with Crippen molar-refractivity contribution >= 4 is 21.7 Å². The molecule has 2 aromatic carbocycles. The van der Waals surface area contributed by atoms with E-state index >= 15 is 0 Å². The van der Waals surface area contributed by atoms with Crippen LogP contribution in [0.15, 0.2) is 46.9 Å². The van der Waals surface area contributed by atoms with E-state index < -0.39 is 17.4 Å². The highest BCUT2D eigenvalue weighted by atomic mass is 79.9. The van der Waals surface area contributed by atoms with Crippen molar-refractivity contribution in [3.8, 4) is 0 Å². The van der Waals surface area contributed by atoms with E-state index in [0.717, 1.165) is 12.1 Å². The molecule has 0 heterocycles. The van der Waals surface area contributed by atoms with Crippen LogP contribution >= 0.6 is 15.9 Å². The first-order chi connectivity index (χ1) is 8.11. The van der Waals surface area contributed by atoms with Crippen LogP contribution in [0.1, 0.15) is 15.9 Å². The molecular weight excluding hydrogens is 290 g/mol. The smallest absolute Gasteiger partial charge is 0.196 e. The summed E-state index contributed by atoms with van der Waals surface area (Å²) in [5.74, 6) is -2.07. The topological polar surface area (TPSA) is 17.1 Å². The van der Waals surface area contributed by atoms with Crippen LogP contribution in [0.4, 0.5) is 8.78 Å². The summed E-state index contributed by atoms with van der Waals surface area (Å²) in [6.07, 6.45) is 0. The first kappa shape index (κ1) is 11.9. The molecule has 0 aliphatic carbocycles. The quantitative estimate of drug-likeness (QED) is 0.606. The molecule has 2 aromatic rings. The fourth-order valence-electron chi connectivity index (χ4n) is 1.45.